The minimum absolute atomic E-state index is 0.142. The van der Waals surface area contributed by atoms with Crippen LogP contribution in [0.5, 0.6) is 0 Å². The van der Waals surface area contributed by atoms with Crippen LogP contribution in [0.2, 0.25) is 0 Å². The molecule has 2 saturated heterocycles. The Morgan fingerprint density at radius 1 is 1.10 bits per heavy atom. The van der Waals surface area contributed by atoms with E-state index in [1.165, 1.54) is 71.9 Å². The third kappa shape index (κ3) is 4.68. The van der Waals surface area contributed by atoms with Crippen LogP contribution in [0.15, 0.2) is 10.5 Å². The van der Waals surface area contributed by atoms with Crippen LogP contribution in [0, 0.1) is 26.2 Å². The van der Waals surface area contributed by atoms with Crippen LogP contribution < -0.4 is 0 Å². The highest BCUT2D eigenvalue weighted by atomic mass is 79.9. The van der Waals surface area contributed by atoms with E-state index in [-0.39, 0.29) is 6.09 Å². The lowest BCUT2D eigenvalue weighted by atomic mass is 9.78. The lowest BCUT2D eigenvalue weighted by Gasteiger charge is -2.48. The Bertz CT molecular complexity index is 846. The molecule has 1 atom stereocenters. The minimum Gasteiger partial charge on any atom is -0.444 e. The fourth-order valence-electron chi connectivity index (χ4n) is 5.95. The number of carbonyl (C=O) groups is 1. The Hall–Kier alpha value is -1.07. The normalized spacial score (nSPS) is 24.5. The summed E-state index contributed by atoms with van der Waals surface area (Å²) in [5.41, 5.74) is 5.66. The first-order valence-corrected chi connectivity index (χ1v) is 12.8. The van der Waals surface area contributed by atoms with E-state index in [2.05, 4.69) is 47.7 Å². The van der Waals surface area contributed by atoms with Crippen LogP contribution in [-0.2, 0) is 4.74 Å². The van der Waals surface area contributed by atoms with Crippen molar-refractivity contribution in [3.05, 3.63) is 32.8 Å². The van der Waals surface area contributed by atoms with Gasteiger partial charge in [-0.3, -0.25) is 0 Å². The molecule has 0 unspecified atom stereocenters. The second-order valence-electron chi connectivity index (χ2n) is 11.4. The monoisotopic (exact) mass is 490 g/mol. The van der Waals surface area contributed by atoms with Gasteiger partial charge in [0, 0.05) is 29.0 Å². The molecule has 1 saturated carbocycles. The molecule has 5 heteroatoms. The van der Waals surface area contributed by atoms with E-state index in [0.717, 1.165) is 13.1 Å². The average molecular weight is 492 g/mol. The molecule has 1 spiro atoms. The number of piperidine rings is 1. The van der Waals surface area contributed by atoms with Crippen molar-refractivity contribution >= 4 is 22.0 Å². The summed E-state index contributed by atoms with van der Waals surface area (Å²) in [5.74, 6) is 0.658. The van der Waals surface area contributed by atoms with Crippen molar-refractivity contribution in [3.8, 4) is 0 Å². The van der Waals surface area contributed by atoms with Gasteiger partial charge in [-0.05, 0) is 115 Å². The van der Waals surface area contributed by atoms with E-state index in [9.17, 15) is 4.79 Å². The highest BCUT2D eigenvalue weighted by Gasteiger charge is 2.51. The van der Waals surface area contributed by atoms with Gasteiger partial charge in [-0.2, -0.15) is 0 Å². The number of hydrogen-bond acceptors (Lipinski definition) is 3. The second kappa shape index (κ2) is 8.37. The number of hydrogen-bond donors (Lipinski definition) is 0. The van der Waals surface area contributed by atoms with Crippen LogP contribution in [-0.4, -0.2) is 53.7 Å². The third-order valence-corrected chi connectivity index (χ3v) is 9.03. The summed E-state index contributed by atoms with van der Waals surface area (Å²) in [6, 6.07) is 3.10. The van der Waals surface area contributed by atoms with Gasteiger partial charge in [-0.25, -0.2) is 4.79 Å². The van der Waals surface area contributed by atoms with Gasteiger partial charge in [0.15, 0.2) is 0 Å². The first-order valence-electron chi connectivity index (χ1n) is 12.0. The summed E-state index contributed by atoms with van der Waals surface area (Å²) in [6.45, 7) is 16.7. The molecule has 0 bridgehead atoms. The highest BCUT2D eigenvalue weighted by Crippen LogP contribution is 2.48. The van der Waals surface area contributed by atoms with E-state index in [1.54, 1.807) is 0 Å². The molecule has 0 N–H and O–H groups in total. The summed E-state index contributed by atoms with van der Waals surface area (Å²) in [4.78, 5) is 17.0. The topological polar surface area (TPSA) is 32.8 Å². The largest absolute Gasteiger partial charge is 0.444 e. The molecule has 1 aliphatic carbocycles. The lowest BCUT2D eigenvalue weighted by molar-refractivity contribution is -0.0347. The van der Waals surface area contributed by atoms with Crippen LogP contribution >= 0.6 is 15.9 Å². The third-order valence-electron chi connectivity index (χ3n) is 7.98. The van der Waals surface area contributed by atoms with Crippen LogP contribution in [0.25, 0.3) is 0 Å². The Morgan fingerprint density at radius 3 is 2.35 bits per heavy atom. The first-order chi connectivity index (χ1) is 14.5. The molecule has 1 amide bonds. The summed E-state index contributed by atoms with van der Waals surface area (Å²) in [7, 11) is 0. The molecule has 2 heterocycles. The predicted octanol–water partition coefficient (Wildman–Crippen LogP) is 6.34. The van der Waals surface area contributed by atoms with Gasteiger partial charge in [0.25, 0.3) is 0 Å². The van der Waals surface area contributed by atoms with Crippen molar-refractivity contribution in [2.75, 3.05) is 26.2 Å². The number of amides is 1. The van der Waals surface area contributed by atoms with E-state index < -0.39 is 5.60 Å². The zero-order valence-electron chi connectivity index (χ0n) is 20.2. The fraction of sp³-hybridized carbons (Fsp3) is 0.731. The lowest BCUT2D eigenvalue weighted by Crippen LogP contribution is -2.58. The van der Waals surface area contributed by atoms with E-state index >= 15 is 0 Å². The Morgan fingerprint density at radius 2 is 1.74 bits per heavy atom. The summed E-state index contributed by atoms with van der Waals surface area (Å²) in [6.07, 6.45) is 6.11. The Kier molecular flexibility index (Phi) is 6.24. The molecule has 0 radical (unpaired) electrons. The predicted molar refractivity (Wildman–Crippen MR) is 130 cm³/mol. The molecule has 1 aromatic rings. The quantitative estimate of drug-likeness (QED) is 0.484. The van der Waals surface area contributed by atoms with Gasteiger partial charge in [-0.1, -0.05) is 22.0 Å². The van der Waals surface area contributed by atoms with Crippen molar-refractivity contribution in [1.29, 1.82) is 0 Å². The fourth-order valence-corrected chi connectivity index (χ4v) is 6.68. The number of nitrogens with zero attached hydrogens (tertiary/aromatic N) is 2. The van der Waals surface area contributed by atoms with Crippen LogP contribution in [0.1, 0.15) is 81.0 Å². The van der Waals surface area contributed by atoms with Crippen molar-refractivity contribution in [1.82, 2.24) is 9.80 Å². The van der Waals surface area contributed by atoms with Gasteiger partial charge < -0.3 is 14.5 Å². The summed E-state index contributed by atoms with van der Waals surface area (Å²) < 4.78 is 6.87. The maximum atomic E-state index is 12.3. The van der Waals surface area contributed by atoms with Crippen molar-refractivity contribution in [3.63, 3.8) is 0 Å². The maximum Gasteiger partial charge on any atom is 0.410 e. The van der Waals surface area contributed by atoms with Gasteiger partial charge in [-0.15, -0.1) is 0 Å². The van der Waals surface area contributed by atoms with Gasteiger partial charge >= 0.3 is 6.09 Å². The molecular formula is C26H39BrN2O2. The maximum absolute atomic E-state index is 12.3. The van der Waals surface area contributed by atoms with Gasteiger partial charge in [0.1, 0.15) is 5.60 Å². The zero-order chi connectivity index (χ0) is 22.6. The Labute approximate surface area is 196 Å². The average Bonchev–Trinajstić information content (AvgIpc) is 3.13. The minimum atomic E-state index is -0.411. The van der Waals surface area contributed by atoms with Gasteiger partial charge in [0.2, 0.25) is 0 Å². The molecule has 4 nitrogen and oxygen atoms in total. The van der Waals surface area contributed by atoms with E-state index in [4.69, 9.17) is 4.74 Å². The van der Waals surface area contributed by atoms with Crippen molar-refractivity contribution < 1.29 is 9.53 Å². The molecule has 0 aromatic heterocycles. The first kappa shape index (κ1) is 23.1. The van der Waals surface area contributed by atoms with Gasteiger partial charge in [0.05, 0.1) is 0 Å². The summed E-state index contributed by atoms with van der Waals surface area (Å²) >= 11 is 3.89. The molecule has 3 aliphatic rings. The smallest absolute Gasteiger partial charge is 0.410 e. The molecular weight excluding hydrogens is 452 g/mol. The standard InChI is InChI=1S/C26H39BrN2O2/c1-17-13-22(23(27)19(3)18(17)2)20-8-11-28(12-9-20)21-7-10-26(14-21)15-29(16-26)24(30)31-25(4,5)6/h13,20-21H,7-12,14-16H2,1-6H3/t21-/m1/s1. The second-order valence-corrected chi connectivity index (χ2v) is 12.2. The molecule has 4 rings (SSSR count). The van der Waals surface area contributed by atoms with Crippen molar-refractivity contribution in [2.45, 2.75) is 91.2 Å². The number of likely N-dealkylation sites (tertiary alicyclic amines) is 2. The molecule has 2 aliphatic heterocycles. The molecule has 3 fully saturated rings. The van der Waals surface area contributed by atoms with E-state index in [1.807, 2.05) is 25.7 Å². The number of carbonyl (C=O) groups excluding carboxylic acids is 1. The van der Waals surface area contributed by atoms with E-state index in [0.29, 0.717) is 17.4 Å². The SMILES string of the molecule is Cc1cc(C2CCN([C@@H]3CCC4(C3)CN(C(=O)OC(C)(C)C)C4)CC2)c(Br)c(C)c1C. The molecule has 172 valence electrons. The highest BCUT2D eigenvalue weighted by molar-refractivity contribution is 9.10. The Balaban J connectivity index is 1.30. The van der Waals surface area contributed by atoms with Crippen LogP contribution in [0.4, 0.5) is 4.79 Å². The summed E-state index contributed by atoms with van der Waals surface area (Å²) in [5, 5.41) is 0. The van der Waals surface area contributed by atoms with Crippen LogP contribution in [0.3, 0.4) is 0 Å². The zero-order valence-corrected chi connectivity index (χ0v) is 21.8. The number of halogens is 1. The number of aryl methyl sites for hydroxylation is 1. The number of ether oxygens (including phenoxy) is 1. The molecule has 1 aromatic carbocycles. The van der Waals surface area contributed by atoms with Crippen molar-refractivity contribution in [2.24, 2.45) is 5.41 Å². The number of benzene rings is 1. The number of rotatable bonds is 2. The molecule has 31 heavy (non-hydrogen) atoms.